The lowest BCUT2D eigenvalue weighted by molar-refractivity contribution is 0.477. The summed E-state index contributed by atoms with van der Waals surface area (Å²) in [5.41, 5.74) is 4.29. The minimum absolute atomic E-state index is 0.288. The molecule has 2 nitrogen and oxygen atoms in total. The lowest BCUT2D eigenvalue weighted by Gasteiger charge is -2.18. The second-order valence-electron chi connectivity index (χ2n) is 4.31. The highest BCUT2D eigenvalue weighted by molar-refractivity contribution is 7.98. The molecular formula is C14H24N2S. The topological polar surface area (TPSA) is 38.0 Å². The first-order valence-electron chi connectivity index (χ1n) is 6.42. The van der Waals surface area contributed by atoms with Gasteiger partial charge in [0, 0.05) is 10.9 Å². The van der Waals surface area contributed by atoms with Crippen LogP contribution in [0, 0.1) is 0 Å². The van der Waals surface area contributed by atoms with Crippen LogP contribution >= 0.6 is 11.8 Å². The summed E-state index contributed by atoms with van der Waals surface area (Å²) in [4.78, 5) is 1.32. The standard InChI is InChI=1S/C14H24N2S/c1-3-4-5-6-10-13(16-15)12-9-7-8-11-14(12)17-2/h7-9,11,13,16H,3-6,10,15H2,1-2H3. The summed E-state index contributed by atoms with van der Waals surface area (Å²) in [7, 11) is 0. The monoisotopic (exact) mass is 252 g/mol. The van der Waals surface area contributed by atoms with E-state index in [1.807, 2.05) is 0 Å². The number of hydrazine groups is 1. The fourth-order valence-electron chi connectivity index (χ4n) is 2.06. The minimum Gasteiger partial charge on any atom is -0.271 e. The van der Waals surface area contributed by atoms with Gasteiger partial charge in [0.1, 0.15) is 0 Å². The van der Waals surface area contributed by atoms with E-state index in [0.29, 0.717) is 0 Å². The molecule has 1 aromatic carbocycles. The van der Waals surface area contributed by atoms with Crippen LogP contribution in [0.25, 0.3) is 0 Å². The number of rotatable bonds is 8. The van der Waals surface area contributed by atoms with Gasteiger partial charge in [0.05, 0.1) is 0 Å². The van der Waals surface area contributed by atoms with Gasteiger partial charge < -0.3 is 0 Å². The summed E-state index contributed by atoms with van der Waals surface area (Å²) < 4.78 is 0. The number of thioether (sulfide) groups is 1. The van der Waals surface area contributed by atoms with E-state index in [9.17, 15) is 0 Å². The molecule has 96 valence electrons. The zero-order chi connectivity index (χ0) is 12.5. The quantitative estimate of drug-likeness (QED) is 0.319. The molecule has 0 fully saturated rings. The first-order chi connectivity index (χ1) is 8.33. The summed E-state index contributed by atoms with van der Waals surface area (Å²) in [6.45, 7) is 2.24. The maximum atomic E-state index is 5.68. The first-order valence-corrected chi connectivity index (χ1v) is 7.65. The Kier molecular flexibility index (Phi) is 7.33. The molecule has 0 aromatic heterocycles. The third kappa shape index (κ3) is 4.70. The summed E-state index contributed by atoms with van der Waals surface area (Å²) in [6, 6.07) is 8.80. The van der Waals surface area contributed by atoms with Crippen LogP contribution in [0.15, 0.2) is 29.2 Å². The molecule has 17 heavy (non-hydrogen) atoms. The highest BCUT2D eigenvalue weighted by Crippen LogP contribution is 2.28. The third-order valence-corrected chi connectivity index (χ3v) is 3.87. The van der Waals surface area contributed by atoms with E-state index in [0.717, 1.165) is 6.42 Å². The predicted molar refractivity (Wildman–Crippen MR) is 77.0 cm³/mol. The fourth-order valence-corrected chi connectivity index (χ4v) is 2.72. The molecule has 0 amide bonds. The Labute approximate surface area is 109 Å². The van der Waals surface area contributed by atoms with E-state index < -0.39 is 0 Å². The molecule has 0 heterocycles. The lowest BCUT2D eigenvalue weighted by atomic mass is 10.0. The van der Waals surface area contributed by atoms with Crippen LogP contribution in [0.2, 0.25) is 0 Å². The van der Waals surface area contributed by atoms with Gasteiger partial charge in [-0.2, -0.15) is 0 Å². The SMILES string of the molecule is CCCCCCC(NN)c1ccccc1SC. The first kappa shape index (κ1) is 14.6. The van der Waals surface area contributed by atoms with Crippen LogP contribution < -0.4 is 11.3 Å². The van der Waals surface area contributed by atoms with Crippen molar-refractivity contribution in [2.45, 2.75) is 50.0 Å². The summed E-state index contributed by atoms with van der Waals surface area (Å²) >= 11 is 1.79. The van der Waals surface area contributed by atoms with E-state index in [-0.39, 0.29) is 6.04 Å². The van der Waals surface area contributed by atoms with Crippen LogP contribution in [-0.2, 0) is 0 Å². The normalized spacial score (nSPS) is 12.6. The van der Waals surface area contributed by atoms with E-state index in [4.69, 9.17) is 5.84 Å². The van der Waals surface area contributed by atoms with Gasteiger partial charge in [-0.25, -0.2) is 0 Å². The lowest BCUT2D eigenvalue weighted by Crippen LogP contribution is -2.28. The van der Waals surface area contributed by atoms with Gasteiger partial charge in [0.15, 0.2) is 0 Å². The largest absolute Gasteiger partial charge is 0.271 e. The molecule has 1 rings (SSSR count). The van der Waals surface area contributed by atoms with E-state index in [1.165, 1.54) is 36.1 Å². The minimum atomic E-state index is 0.288. The van der Waals surface area contributed by atoms with Crippen molar-refractivity contribution in [1.29, 1.82) is 0 Å². The smallest absolute Gasteiger partial charge is 0.0471 e. The number of unbranched alkanes of at least 4 members (excludes halogenated alkanes) is 3. The van der Waals surface area contributed by atoms with Crippen molar-refractivity contribution in [3.8, 4) is 0 Å². The summed E-state index contributed by atoms with van der Waals surface area (Å²) in [5.74, 6) is 5.68. The molecule has 3 N–H and O–H groups in total. The van der Waals surface area contributed by atoms with Crippen molar-refractivity contribution in [3.05, 3.63) is 29.8 Å². The third-order valence-electron chi connectivity index (χ3n) is 3.06. The van der Waals surface area contributed by atoms with Crippen molar-refractivity contribution in [1.82, 2.24) is 5.43 Å². The Morgan fingerprint density at radius 1 is 1.24 bits per heavy atom. The van der Waals surface area contributed by atoms with Crippen molar-refractivity contribution >= 4 is 11.8 Å². The van der Waals surface area contributed by atoms with E-state index >= 15 is 0 Å². The molecule has 0 aliphatic heterocycles. The van der Waals surface area contributed by atoms with Gasteiger partial charge in [-0.15, -0.1) is 11.8 Å². The highest BCUT2D eigenvalue weighted by Gasteiger charge is 2.12. The van der Waals surface area contributed by atoms with Crippen LogP contribution in [0.5, 0.6) is 0 Å². The molecular weight excluding hydrogens is 228 g/mol. The molecule has 0 spiro atoms. The maximum absolute atomic E-state index is 5.68. The number of hydrogen-bond acceptors (Lipinski definition) is 3. The Hall–Kier alpha value is -0.510. The van der Waals surface area contributed by atoms with Gasteiger partial charge in [-0.05, 0) is 24.3 Å². The number of hydrogen-bond donors (Lipinski definition) is 2. The Morgan fingerprint density at radius 3 is 2.65 bits per heavy atom. The molecule has 3 heteroatoms. The van der Waals surface area contributed by atoms with Crippen LogP contribution in [0.4, 0.5) is 0 Å². The Balaban J connectivity index is 2.59. The summed E-state index contributed by atoms with van der Waals surface area (Å²) in [5, 5.41) is 0. The average Bonchev–Trinajstić information content (AvgIpc) is 2.39. The van der Waals surface area contributed by atoms with Gasteiger partial charge in [0.2, 0.25) is 0 Å². The average molecular weight is 252 g/mol. The molecule has 0 aliphatic rings. The van der Waals surface area contributed by atoms with Crippen molar-refractivity contribution in [3.63, 3.8) is 0 Å². The van der Waals surface area contributed by atoms with Gasteiger partial charge in [-0.1, -0.05) is 50.8 Å². The number of nitrogens with one attached hydrogen (secondary N) is 1. The van der Waals surface area contributed by atoms with E-state index in [2.05, 4.69) is 42.9 Å². The van der Waals surface area contributed by atoms with Crippen LogP contribution in [-0.4, -0.2) is 6.26 Å². The summed E-state index contributed by atoms with van der Waals surface area (Å²) in [6.07, 6.45) is 8.38. The predicted octanol–water partition coefficient (Wildman–Crippen LogP) is 3.88. The molecule has 0 saturated heterocycles. The number of nitrogens with two attached hydrogens (primary N) is 1. The van der Waals surface area contributed by atoms with Gasteiger partial charge in [0.25, 0.3) is 0 Å². The molecule has 1 aromatic rings. The van der Waals surface area contributed by atoms with Crippen molar-refractivity contribution in [2.24, 2.45) is 5.84 Å². The zero-order valence-corrected chi connectivity index (χ0v) is 11.7. The fraction of sp³-hybridized carbons (Fsp3) is 0.571. The maximum Gasteiger partial charge on any atom is 0.0471 e. The Bertz CT molecular complexity index is 315. The molecule has 0 aliphatic carbocycles. The van der Waals surface area contributed by atoms with Crippen LogP contribution in [0.1, 0.15) is 50.6 Å². The van der Waals surface area contributed by atoms with Crippen molar-refractivity contribution in [2.75, 3.05) is 6.26 Å². The second kappa shape index (κ2) is 8.56. The van der Waals surface area contributed by atoms with Gasteiger partial charge in [-0.3, -0.25) is 11.3 Å². The Morgan fingerprint density at radius 2 is 2.00 bits per heavy atom. The molecule has 0 saturated carbocycles. The number of benzene rings is 1. The zero-order valence-electron chi connectivity index (χ0n) is 10.9. The van der Waals surface area contributed by atoms with Crippen molar-refractivity contribution < 1.29 is 0 Å². The second-order valence-corrected chi connectivity index (χ2v) is 5.16. The van der Waals surface area contributed by atoms with Crippen LogP contribution in [0.3, 0.4) is 0 Å². The molecule has 1 atom stereocenters. The molecule has 0 radical (unpaired) electrons. The molecule has 0 bridgehead atoms. The van der Waals surface area contributed by atoms with E-state index in [1.54, 1.807) is 11.8 Å². The van der Waals surface area contributed by atoms with Gasteiger partial charge >= 0.3 is 0 Å². The highest BCUT2D eigenvalue weighted by atomic mass is 32.2. The molecule has 1 unspecified atom stereocenters.